The van der Waals surface area contributed by atoms with Crippen molar-refractivity contribution in [1.82, 2.24) is 10.6 Å². The molecule has 0 saturated heterocycles. The Labute approximate surface area is 191 Å². The Morgan fingerprint density at radius 1 is 1.21 bits per heavy atom. The van der Waals surface area contributed by atoms with E-state index in [2.05, 4.69) is 20.8 Å². The molecule has 180 valence electrons. The van der Waals surface area contributed by atoms with Crippen LogP contribution in [0.15, 0.2) is 40.5 Å². The molecule has 0 saturated carbocycles. The average molecular weight is 463 g/mol. The molecule has 1 aliphatic rings. The van der Waals surface area contributed by atoms with Crippen LogP contribution < -0.4 is 22.1 Å². The lowest BCUT2D eigenvalue weighted by atomic mass is 10.1. The Hall–Kier alpha value is -3.83. The summed E-state index contributed by atoms with van der Waals surface area (Å²) in [5.74, 6) is -1.74. The van der Waals surface area contributed by atoms with Crippen molar-refractivity contribution in [1.29, 1.82) is 0 Å². The first kappa shape index (κ1) is 25.4. The highest BCUT2D eigenvalue weighted by atomic mass is 16.6. The Bertz CT molecular complexity index is 856. The molecular weight excluding hydrogens is 432 g/mol. The third-order valence-electron chi connectivity index (χ3n) is 4.72. The Morgan fingerprint density at radius 3 is 2.67 bits per heavy atom. The number of nitrogens with zero attached hydrogens (tertiary/aromatic N) is 2. The predicted molar refractivity (Wildman–Crippen MR) is 120 cm³/mol. The number of hydrogen-bond donors (Lipinski definition) is 5. The van der Waals surface area contributed by atoms with E-state index in [1.54, 1.807) is 24.3 Å². The summed E-state index contributed by atoms with van der Waals surface area (Å²) in [6.45, 7) is 0.235. The maximum Gasteiger partial charge on any atom is 0.408 e. The van der Waals surface area contributed by atoms with Crippen molar-refractivity contribution in [2.75, 3.05) is 13.1 Å². The van der Waals surface area contributed by atoms with E-state index in [1.807, 2.05) is 6.07 Å². The van der Waals surface area contributed by atoms with Crippen LogP contribution in [0.3, 0.4) is 0 Å². The highest BCUT2D eigenvalue weighted by Crippen LogP contribution is 2.15. The molecule has 0 aliphatic carbocycles. The van der Waals surface area contributed by atoms with Gasteiger partial charge in [-0.25, -0.2) is 9.59 Å². The first-order valence-electron chi connectivity index (χ1n) is 10.6. The number of ether oxygens (including phenoxy) is 1. The van der Waals surface area contributed by atoms with Crippen LogP contribution in [0.4, 0.5) is 4.79 Å². The molecule has 0 spiro atoms. The number of aliphatic carboxylic acids is 1. The molecule has 33 heavy (non-hydrogen) atoms. The Balaban J connectivity index is 1.66. The summed E-state index contributed by atoms with van der Waals surface area (Å²) in [4.78, 5) is 44.7. The van der Waals surface area contributed by atoms with E-state index in [0.717, 1.165) is 30.5 Å². The van der Waals surface area contributed by atoms with E-state index in [1.165, 1.54) is 0 Å². The summed E-state index contributed by atoms with van der Waals surface area (Å²) in [7, 11) is 0. The van der Waals surface area contributed by atoms with Gasteiger partial charge < -0.3 is 36.8 Å². The zero-order valence-electron chi connectivity index (χ0n) is 18.2. The van der Waals surface area contributed by atoms with Crippen molar-refractivity contribution in [3.8, 4) is 0 Å². The van der Waals surface area contributed by atoms with Gasteiger partial charge >= 0.3 is 12.1 Å². The number of hydrogen-bond acceptors (Lipinski definition) is 7. The van der Waals surface area contributed by atoms with Crippen LogP contribution in [-0.2, 0) is 25.8 Å². The van der Waals surface area contributed by atoms with E-state index < -0.39 is 30.1 Å². The minimum Gasteiger partial charge on any atom is -0.480 e. The summed E-state index contributed by atoms with van der Waals surface area (Å²) in [6, 6.07) is 7.60. The number of carbonyl (C=O) groups excluding carboxylic acids is 2. The van der Waals surface area contributed by atoms with E-state index in [9.17, 15) is 19.5 Å². The molecule has 0 fully saturated rings. The van der Waals surface area contributed by atoms with Crippen LogP contribution in [0.2, 0.25) is 0 Å². The van der Waals surface area contributed by atoms with Crippen LogP contribution in [0.1, 0.15) is 37.7 Å². The molecule has 7 N–H and O–H groups in total. The number of carbonyl (C=O) groups is 3. The summed E-state index contributed by atoms with van der Waals surface area (Å²) in [6.07, 6.45) is 1.87. The molecule has 0 aromatic heterocycles. The van der Waals surface area contributed by atoms with Gasteiger partial charge in [0.15, 0.2) is 5.96 Å². The minimum atomic E-state index is -1.36. The third kappa shape index (κ3) is 9.89. The van der Waals surface area contributed by atoms with Gasteiger partial charge in [0, 0.05) is 19.5 Å². The quantitative estimate of drug-likeness (QED) is 0.159. The monoisotopic (exact) mass is 462 g/mol. The molecule has 1 heterocycles. The number of rotatable bonds is 13. The number of guanidine groups is 1. The fourth-order valence-corrected chi connectivity index (χ4v) is 2.96. The second-order valence-corrected chi connectivity index (χ2v) is 7.41. The molecule has 2 amide bonds. The first-order valence-corrected chi connectivity index (χ1v) is 10.6. The van der Waals surface area contributed by atoms with Gasteiger partial charge in [0.1, 0.15) is 12.6 Å². The number of carboxylic acids is 1. The van der Waals surface area contributed by atoms with Crippen molar-refractivity contribution < 1.29 is 29.1 Å². The number of oxime groups is 1. The van der Waals surface area contributed by atoms with Crippen molar-refractivity contribution >= 4 is 29.6 Å². The number of amides is 2. The van der Waals surface area contributed by atoms with Crippen molar-refractivity contribution in [3.63, 3.8) is 0 Å². The van der Waals surface area contributed by atoms with Crippen molar-refractivity contribution in [3.05, 3.63) is 35.9 Å². The molecule has 1 aliphatic heterocycles. The fraction of sp³-hybridized carbons (Fsp3) is 0.476. The maximum atomic E-state index is 12.3. The molecule has 1 aromatic carbocycles. The lowest BCUT2D eigenvalue weighted by Gasteiger charge is -2.16. The van der Waals surface area contributed by atoms with Gasteiger partial charge in [-0.05, 0) is 24.8 Å². The third-order valence-corrected chi connectivity index (χ3v) is 4.72. The summed E-state index contributed by atoms with van der Waals surface area (Å²) >= 11 is 0. The second-order valence-electron chi connectivity index (χ2n) is 7.41. The van der Waals surface area contributed by atoms with Gasteiger partial charge in [-0.2, -0.15) is 0 Å². The lowest BCUT2D eigenvalue weighted by molar-refractivity contribution is -0.139. The molecule has 2 rings (SSSR count). The Kier molecular flexibility index (Phi) is 10.4. The zero-order valence-corrected chi connectivity index (χ0v) is 18.2. The molecule has 1 aromatic rings. The van der Waals surface area contributed by atoms with Crippen molar-refractivity contribution in [2.24, 2.45) is 21.6 Å². The lowest BCUT2D eigenvalue weighted by Crippen LogP contribution is -2.50. The van der Waals surface area contributed by atoms with Gasteiger partial charge in [-0.15, -0.1) is 0 Å². The second kappa shape index (κ2) is 13.6. The highest BCUT2D eigenvalue weighted by Gasteiger charge is 2.29. The smallest absolute Gasteiger partial charge is 0.408 e. The van der Waals surface area contributed by atoms with Gasteiger partial charge in [-0.1, -0.05) is 41.9 Å². The fourth-order valence-electron chi connectivity index (χ4n) is 2.96. The molecule has 0 bridgehead atoms. The highest BCUT2D eigenvalue weighted by molar-refractivity contribution is 5.93. The van der Waals surface area contributed by atoms with Gasteiger partial charge in [0.25, 0.3) is 5.91 Å². The van der Waals surface area contributed by atoms with Crippen LogP contribution in [-0.4, -0.2) is 60.0 Å². The Morgan fingerprint density at radius 2 is 1.97 bits per heavy atom. The normalized spacial score (nSPS) is 15.5. The van der Waals surface area contributed by atoms with Gasteiger partial charge in [0.2, 0.25) is 6.10 Å². The minimum absolute atomic E-state index is 0.00428. The molecule has 2 atom stereocenters. The first-order chi connectivity index (χ1) is 15.8. The van der Waals surface area contributed by atoms with Crippen molar-refractivity contribution in [2.45, 2.75) is 50.9 Å². The average Bonchev–Trinajstić information content (AvgIpc) is 3.26. The number of nitrogens with two attached hydrogens (primary N) is 2. The number of alkyl carbamates (subject to hydrolysis) is 1. The maximum absolute atomic E-state index is 12.3. The topological polar surface area (TPSA) is 191 Å². The van der Waals surface area contributed by atoms with Crippen LogP contribution in [0.5, 0.6) is 0 Å². The van der Waals surface area contributed by atoms with Crippen LogP contribution in [0, 0.1) is 0 Å². The van der Waals surface area contributed by atoms with E-state index in [0.29, 0.717) is 19.4 Å². The molecule has 12 nitrogen and oxygen atoms in total. The molecule has 1 unspecified atom stereocenters. The number of aliphatic imine (C=N–C) groups is 1. The summed E-state index contributed by atoms with van der Waals surface area (Å²) in [5.41, 5.74) is 12.0. The largest absolute Gasteiger partial charge is 0.480 e. The van der Waals surface area contributed by atoms with Gasteiger partial charge in [0.05, 0.1) is 5.71 Å². The summed E-state index contributed by atoms with van der Waals surface area (Å²) < 4.78 is 5.01. The summed E-state index contributed by atoms with van der Waals surface area (Å²) in [5, 5.41) is 17.9. The molecular formula is C21H30N6O6. The standard InChI is InChI=1S/C21H30N6O6/c22-20(23)24-10-6-2-5-9-15-11-17(33-27-15)18(28)25-12-16(19(29)30)26-21(31)32-13-14-7-3-1-4-8-14/h1,3-4,7-8,16-17H,2,5-6,9-13H2,(H,25,28)(H,26,31)(H,29,30)(H4,22,23,24)/t16-,17?/m0/s1. The number of nitrogens with one attached hydrogen (secondary N) is 2. The number of unbranched alkanes of at least 4 members (excludes halogenated alkanes) is 2. The van der Waals surface area contributed by atoms with Crippen LogP contribution in [0.25, 0.3) is 0 Å². The SMILES string of the molecule is NC(N)=NCCCCCC1=NOC(C(=O)NC[C@H](NC(=O)OCc2ccccc2)C(=O)O)C1. The zero-order chi connectivity index (χ0) is 24.1. The molecule has 0 radical (unpaired) electrons. The number of carboxylic acid groups (broad SMARTS) is 1. The van der Waals surface area contributed by atoms with E-state index in [-0.39, 0.29) is 19.1 Å². The van der Waals surface area contributed by atoms with E-state index in [4.69, 9.17) is 21.0 Å². The van der Waals surface area contributed by atoms with Gasteiger partial charge in [-0.3, -0.25) is 9.79 Å². The van der Waals surface area contributed by atoms with Crippen LogP contribution >= 0.6 is 0 Å². The molecule has 12 heteroatoms. The van der Waals surface area contributed by atoms with E-state index >= 15 is 0 Å². The number of benzene rings is 1. The predicted octanol–water partition coefficient (Wildman–Crippen LogP) is 0.461.